The fraction of sp³-hybridized carbons (Fsp3) is 0.308. The van der Waals surface area contributed by atoms with Crippen molar-refractivity contribution in [1.82, 2.24) is 15.1 Å². The van der Waals surface area contributed by atoms with Gasteiger partial charge in [0, 0.05) is 23.8 Å². The van der Waals surface area contributed by atoms with Gasteiger partial charge in [0.25, 0.3) is 0 Å². The maximum absolute atomic E-state index is 5.89. The number of aromatic nitrogens is 2. The van der Waals surface area contributed by atoms with Gasteiger partial charge >= 0.3 is 0 Å². The highest BCUT2D eigenvalue weighted by molar-refractivity contribution is 6.30. The second-order valence-corrected chi connectivity index (χ2v) is 4.47. The molecular formula is C13H16ClN3. The van der Waals surface area contributed by atoms with E-state index in [0.717, 1.165) is 29.2 Å². The molecule has 0 amide bonds. The van der Waals surface area contributed by atoms with Gasteiger partial charge in [-0.15, -0.1) is 0 Å². The molecule has 0 aliphatic rings. The van der Waals surface area contributed by atoms with E-state index < -0.39 is 0 Å². The SMILES string of the molecule is CNCCc1cn(C)nc1-c1ccc(Cl)cc1. The van der Waals surface area contributed by atoms with E-state index in [9.17, 15) is 0 Å². The number of benzene rings is 1. The molecule has 2 aromatic rings. The van der Waals surface area contributed by atoms with Crippen LogP contribution in [0.25, 0.3) is 11.3 Å². The summed E-state index contributed by atoms with van der Waals surface area (Å²) in [5.41, 5.74) is 3.41. The Labute approximate surface area is 106 Å². The van der Waals surface area contributed by atoms with Gasteiger partial charge in [0.2, 0.25) is 0 Å². The summed E-state index contributed by atoms with van der Waals surface area (Å²) in [5, 5.41) is 8.42. The van der Waals surface area contributed by atoms with Crippen molar-refractivity contribution in [3.63, 3.8) is 0 Å². The fourth-order valence-corrected chi connectivity index (χ4v) is 1.96. The van der Waals surface area contributed by atoms with Gasteiger partial charge in [-0.2, -0.15) is 5.10 Å². The molecule has 1 aromatic heterocycles. The summed E-state index contributed by atoms with van der Waals surface area (Å²) in [6.45, 7) is 0.951. The number of rotatable bonds is 4. The number of aryl methyl sites for hydroxylation is 1. The third-order valence-corrected chi connectivity index (χ3v) is 2.92. The van der Waals surface area contributed by atoms with Crippen LogP contribution in [0.15, 0.2) is 30.5 Å². The number of likely N-dealkylation sites (N-methyl/N-ethyl adjacent to an activating group) is 1. The maximum atomic E-state index is 5.89. The van der Waals surface area contributed by atoms with E-state index in [1.807, 2.05) is 43.0 Å². The van der Waals surface area contributed by atoms with Crippen molar-refractivity contribution in [2.45, 2.75) is 6.42 Å². The van der Waals surface area contributed by atoms with Crippen LogP contribution in [-0.4, -0.2) is 23.4 Å². The predicted octanol–water partition coefficient (Wildman–Crippen LogP) is 2.50. The summed E-state index contributed by atoms with van der Waals surface area (Å²) in [6.07, 6.45) is 3.05. The molecule has 0 atom stereocenters. The van der Waals surface area contributed by atoms with Gasteiger partial charge in [-0.25, -0.2) is 0 Å². The minimum absolute atomic E-state index is 0.751. The maximum Gasteiger partial charge on any atom is 0.0955 e. The highest BCUT2D eigenvalue weighted by Gasteiger charge is 2.09. The van der Waals surface area contributed by atoms with Crippen LogP contribution in [-0.2, 0) is 13.5 Å². The molecule has 0 aliphatic carbocycles. The Kier molecular flexibility index (Phi) is 3.82. The van der Waals surface area contributed by atoms with Crippen molar-refractivity contribution >= 4 is 11.6 Å². The number of halogens is 1. The lowest BCUT2D eigenvalue weighted by molar-refractivity contribution is 0.765. The van der Waals surface area contributed by atoms with Gasteiger partial charge in [-0.3, -0.25) is 4.68 Å². The van der Waals surface area contributed by atoms with E-state index in [4.69, 9.17) is 11.6 Å². The summed E-state index contributed by atoms with van der Waals surface area (Å²) < 4.78 is 1.86. The minimum Gasteiger partial charge on any atom is -0.319 e. The van der Waals surface area contributed by atoms with E-state index in [-0.39, 0.29) is 0 Å². The van der Waals surface area contributed by atoms with Crippen molar-refractivity contribution in [1.29, 1.82) is 0 Å². The summed E-state index contributed by atoms with van der Waals surface area (Å²) in [5.74, 6) is 0. The smallest absolute Gasteiger partial charge is 0.0955 e. The lowest BCUT2D eigenvalue weighted by Crippen LogP contribution is -2.10. The molecule has 0 spiro atoms. The van der Waals surface area contributed by atoms with Gasteiger partial charge in [0.1, 0.15) is 0 Å². The molecule has 0 unspecified atom stereocenters. The molecule has 1 N–H and O–H groups in total. The highest BCUT2D eigenvalue weighted by Crippen LogP contribution is 2.23. The van der Waals surface area contributed by atoms with Crippen molar-refractivity contribution in [3.05, 3.63) is 41.0 Å². The first-order chi connectivity index (χ1) is 8.20. The Balaban J connectivity index is 2.33. The zero-order valence-corrected chi connectivity index (χ0v) is 10.8. The zero-order chi connectivity index (χ0) is 12.3. The van der Waals surface area contributed by atoms with Crippen molar-refractivity contribution in [2.24, 2.45) is 7.05 Å². The van der Waals surface area contributed by atoms with E-state index in [1.54, 1.807) is 0 Å². The van der Waals surface area contributed by atoms with Gasteiger partial charge in [-0.05, 0) is 37.7 Å². The second-order valence-electron chi connectivity index (χ2n) is 4.04. The Morgan fingerprint density at radius 3 is 2.65 bits per heavy atom. The quantitative estimate of drug-likeness (QED) is 0.902. The predicted molar refractivity (Wildman–Crippen MR) is 71.3 cm³/mol. The first-order valence-electron chi connectivity index (χ1n) is 5.64. The molecule has 2 rings (SSSR count). The van der Waals surface area contributed by atoms with Gasteiger partial charge in [0.05, 0.1) is 5.69 Å². The van der Waals surface area contributed by atoms with Crippen LogP contribution >= 0.6 is 11.6 Å². The summed E-state index contributed by atoms with van der Waals surface area (Å²) >= 11 is 5.89. The molecule has 4 heteroatoms. The standard InChI is InChI=1S/C13H16ClN3/c1-15-8-7-11-9-17(2)16-13(11)10-3-5-12(14)6-4-10/h3-6,9,15H,7-8H2,1-2H3. The number of nitrogens with zero attached hydrogens (tertiary/aromatic N) is 2. The Hall–Kier alpha value is -1.32. The van der Waals surface area contributed by atoms with E-state index in [0.29, 0.717) is 0 Å². The average molecular weight is 250 g/mol. The number of hydrogen-bond donors (Lipinski definition) is 1. The first-order valence-corrected chi connectivity index (χ1v) is 6.01. The lowest BCUT2D eigenvalue weighted by atomic mass is 10.1. The Morgan fingerprint density at radius 2 is 2.00 bits per heavy atom. The number of nitrogens with one attached hydrogen (secondary N) is 1. The molecule has 1 heterocycles. The lowest BCUT2D eigenvalue weighted by Gasteiger charge is -2.02. The zero-order valence-electron chi connectivity index (χ0n) is 10.1. The topological polar surface area (TPSA) is 29.9 Å². The molecule has 0 saturated heterocycles. The van der Waals surface area contributed by atoms with Crippen LogP contribution < -0.4 is 5.32 Å². The van der Waals surface area contributed by atoms with E-state index >= 15 is 0 Å². The summed E-state index contributed by atoms with van der Waals surface area (Å²) in [7, 11) is 3.90. The molecule has 90 valence electrons. The van der Waals surface area contributed by atoms with E-state index in [1.165, 1.54) is 5.56 Å². The third-order valence-electron chi connectivity index (χ3n) is 2.67. The second kappa shape index (κ2) is 5.34. The van der Waals surface area contributed by atoms with Crippen molar-refractivity contribution in [2.75, 3.05) is 13.6 Å². The molecule has 3 nitrogen and oxygen atoms in total. The third kappa shape index (κ3) is 2.87. The minimum atomic E-state index is 0.751. The van der Waals surface area contributed by atoms with Gasteiger partial charge in [-0.1, -0.05) is 23.7 Å². The van der Waals surface area contributed by atoms with Crippen molar-refractivity contribution < 1.29 is 0 Å². The molecule has 0 radical (unpaired) electrons. The molecule has 0 aliphatic heterocycles. The summed E-state index contributed by atoms with van der Waals surface area (Å²) in [6, 6.07) is 7.81. The normalized spacial score (nSPS) is 10.8. The highest BCUT2D eigenvalue weighted by atomic mass is 35.5. The van der Waals surface area contributed by atoms with Crippen LogP contribution in [0, 0.1) is 0 Å². The fourth-order valence-electron chi connectivity index (χ4n) is 1.83. The molecule has 17 heavy (non-hydrogen) atoms. The van der Waals surface area contributed by atoms with Crippen LogP contribution in [0.2, 0.25) is 5.02 Å². The van der Waals surface area contributed by atoms with E-state index in [2.05, 4.69) is 16.6 Å². The monoisotopic (exact) mass is 249 g/mol. The number of hydrogen-bond acceptors (Lipinski definition) is 2. The van der Waals surface area contributed by atoms with Crippen LogP contribution in [0.3, 0.4) is 0 Å². The molecule has 0 fully saturated rings. The molecule has 1 aromatic carbocycles. The molecular weight excluding hydrogens is 234 g/mol. The molecule has 0 bridgehead atoms. The summed E-state index contributed by atoms with van der Waals surface area (Å²) in [4.78, 5) is 0. The Bertz CT molecular complexity index is 488. The van der Waals surface area contributed by atoms with Crippen molar-refractivity contribution in [3.8, 4) is 11.3 Å². The largest absolute Gasteiger partial charge is 0.319 e. The van der Waals surface area contributed by atoms with Crippen LogP contribution in [0.4, 0.5) is 0 Å². The van der Waals surface area contributed by atoms with Gasteiger partial charge < -0.3 is 5.32 Å². The van der Waals surface area contributed by atoms with Gasteiger partial charge in [0.15, 0.2) is 0 Å². The van der Waals surface area contributed by atoms with Crippen LogP contribution in [0.1, 0.15) is 5.56 Å². The Morgan fingerprint density at radius 1 is 1.29 bits per heavy atom. The molecule has 0 saturated carbocycles. The average Bonchev–Trinajstić information content (AvgIpc) is 2.69. The van der Waals surface area contributed by atoms with Crippen LogP contribution in [0.5, 0.6) is 0 Å². The first kappa shape index (κ1) is 12.1.